The lowest BCUT2D eigenvalue weighted by atomic mass is 9.98. The van der Waals surface area contributed by atoms with Gasteiger partial charge in [0.1, 0.15) is 11.5 Å². The summed E-state index contributed by atoms with van der Waals surface area (Å²) in [6, 6.07) is 18.6. The highest BCUT2D eigenvalue weighted by Gasteiger charge is 2.30. The summed E-state index contributed by atoms with van der Waals surface area (Å²) < 4.78 is 12.0. The predicted molar refractivity (Wildman–Crippen MR) is 103 cm³/mol. The molecule has 6 heteroatoms. The van der Waals surface area contributed by atoms with Crippen molar-refractivity contribution in [2.75, 3.05) is 0 Å². The zero-order valence-corrected chi connectivity index (χ0v) is 15.9. The molecule has 2 aromatic carbocycles. The summed E-state index contributed by atoms with van der Waals surface area (Å²) in [7, 11) is 0. The Balaban J connectivity index is 1.39. The molecule has 1 amide bonds. The van der Waals surface area contributed by atoms with Gasteiger partial charge in [-0.1, -0.05) is 46.3 Å². The summed E-state index contributed by atoms with van der Waals surface area (Å²) in [5, 5.41) is 2.78. The van der Waals surface area contributed by atoms with Crippen LogP contribution in [-0.2, 0) is 22.5 Å². The number of carbonyl (C=O) groups is 2. The predicted octanol–water partition coefficient (Wildman–Crippen LogP) is 4.11. The van der Waals surface area contributed by atoms with Gasteiger partial charge in [-0.2, -0.15) is 0 Å². The Bertz CT molecular complexity index is 993. The molecule has 2 heterocycles. The number of fused-ring (bicyclic) bond motifs is 1. The number of benzene rings is 2. The van der Waals surface area contributed by atoms with E-state index in [1.165, 1.54) is 0 Å². The van der Waals surface area contributed by atoms with Crippen LogP contribution in [0.5, 0.6) is 0 Å². The summed E-state index contributed by atoms with van der Waals surface area (Å²) in [5.41, 5.74) is 2.30. The molecule has 1 aromatic heterocycles. The van der Waals surface area contributed by atoms with Crippen molar-refractivity contribution in [1.82, 2.24) is 5.32 Å². The van der Waals surface area contributed by atoms with E-state index in [2.05, 4.69) is 21.2 Å². The van der Waals surface area contributed by atoms with E-state index in [4.69, 9.17) is 9.15 Å². The van der Waals surface area contributed by atoms with Crippen molar-refractivity contribution in [3.8, 4) is 11.3 Å². The molecule has 0 aliphatic carbocycles. The third-order valence-electron chi connectivity index (χ3n) is 4.41. The molecule has 136 valence electrons. The zero-order chi connectivity index (χ0) is 18.8. The smallest absolute Gasteiger partial charge is 0.339 e. The Labute approximate surface area is 164 Å². The van der Waals surface area contributed by atoms with Crippen LogP contribution in [0.3, 0.4) is 0 Å². The zero-order valence-electron chi connectivity index (χ0n) is 14.3. The lowest BCUT2D eigenvalue weighted by Gasteiger charge is -2.23. The SMILES string of the molecule is O=C1OC(C(=O)NCc2ccc(-c3ccc(Br)cc3)o2)Cc2ccccc21. The first-order valence-electron chi connectivity index (χ1n) is 8.51. The van der Waals surface area contributed by atoms with Gasteiger partial charge < -0.3 is 14.5 Å². The molecular formula is C21H16BrNO4. The molecule has 27 heavy (non-hydrogen) atoms. The number of amides is 1. The molecule has 0 saturated carbocycles. The summed E-state index contributed by atoms with van der Waals surface area (Å²) in [6.45, 7) is 0.227. The van der Waals surface area contributed by atoms with E-state index in [0.717, 1.165) is 21.4 Å². The standard InChI is InChI=1S/C21H16BrNO4/c22-15-7-5-13(6-8-15)18-10-9-16(26-18)12-23-20(24)19-11-14-3-1-2-4-17(14)21(25)27-19/h1-10,19H,11-12H2,(H,23,24). The molecule has 5 nitrogen and oxygen atoms in total. The first kappa shape index (κ1) is 17.5. The number of rotatable bonds is 4. The van der Waals surface area contributed by atoms with Gasteiger partial charge in [-0.25, -0.2) is 4.79 Å². The maximum atomic E-state index is 12.4. The fraction of sp³-hybridized carbons (Fsp3) is 0.143. The highest BCUT2D eigenvalue weighted by Crippen LogP contribution is 2.24. The van der Waals surface area contributed by atoms with Crippen molar-refractivity contribution >= 4 is 27.8 Å². The molecule has 0 bridgehead atoms. The Morgan fingerprint density at radius 1 is 1.07 bits per heavy atom. The van der Waals surface area contributed by atoms with Crippen LogP contribution in [0.1, 0.15) is 21.7 Å². The van der Waals surface area contributed by atoms with E-state index in [-0.39, 0.29) is 12.5 Å². The van der Waals surface area contributed by atoms with Crippen LogP contribution in [0.4, 0.5) is 0 Å². The number of hydrogen-bond donors (Lipinski definition) is 1. The molecule has 1 atom stereocenters. The Kier molecular flexibility index (Phi) is 4.81. The van der Waals surface area contributed by atoms with Crippen molar-refractivity contribution in [2.24, 2.45) is 0 Å². The lowest BCUT2D eigenvalue weighted by Crippen LogP contribution is -2.41. The average Bonchev–Trinajstić information content (AvgIpc) is 3.15. The monoisotopic (exact) mass is 425 g/mol. The molecule has 0 radical (unpaired) electrons. The van der Waals surface area contributed by atoms with Gasteiger partial charge in [0.25, 0.3) is 5.91 Å². The Hall–Kier alpha value is -2.86. The minimum Gasteiger partial charge on any atom is -0.459 e. The number of esters is 1. The molecular weight excluding hydrogens is 410 g/mol. The van der Waals surface area contributed by atoms with E-state index < -0.39 is 12.1 Å². The number of hydrogen-bond acceptors (Lipinski definition) is 4. The number of nitrogens with one attached hydrogen (secondary N) is 1. The van der Waals surface area contributed by atoms with Crippen molar-refractivity contribution < 1.29 is 18.7 Å². The first-order chi connectivity index (χ1) is 13.1. The molecule has 3 aromatic rings. The fourth-order valence-corrected chi connectivity index (χ4v) is 3.27. The van der Waals surface area contributed by atoms with Gasteiger partial charge in [0.2, 0.25) is 0 Å². The van der Waals surface area contributed by atoms with Crippen molar-refractivity contribution in [3.05, 3.63) is 82.0 Å². The second-order valence-electron chi connectivity index (χ2n) is 6.25. The Morgan fingerprint density at radius 3 is 2.67 bits per heavy atom. The summed E-state index contributed by atoms with van der Waals surface area (Å²) >= 11 is 3.40. The van der Waals surface area contributed by atoms with E-state index >= 15 is 0 Å². The van der Waals surface area contributed by atoms with Crippen LogP contribution in [0.2, 0.25) is 0 Å². The van der Waals surface area contributed by atoms with E-state index in [1.807, 2.05) is 48.5 Å². The normalized spacial score (nSPS) is 15.7. The minimum absolute atomic E-state index is 0.227. The number of furan rings is 1. The summed E-state index contributed by atoms with van der Waals surface area (Å²) in [5.74, 6) is 0.556. The molecule has 0 saturated heterocycles. The maximum Gasteiger partial charge on any atom is 0.339 e. The van der Waals surface area contributed by atoms with Crippen LogP contribution in [0, 0.1) is 0 Å². The highest BCUT2D eigenvalue weighted by atomic mass is 79.9. The van der Waals surface area contributed by atoms with Gasteiger partial charge in [0.05, 0.1) is 12.1 Å². The highest BCUT2D eigenvalue weighted by molar-refractivity contribution is 9.10. The molecule has 1 N–H and O–H groups in total. The van der Waals surface area contributed by atoms with E-state index in [1.54, 1.807) is 12.1 Å². The molecule has 0 fully saturated rings. The molecule has 1 aliphatic heterocycles. The van der Waals surface area contributed by atoms with Gasteiger partial charge in [0.15, 0.2) is 6.10 Å². The molecule has 1 unspecified atom stereocenters. The molecule has 4 rings (SSSR count). The van der Waals surface area contributed by atoms with Crippen LogP contribution in [0.15, 0.2) is 69.6 Å². The number of halogens is 1. The maximum absolute atomic E-state index is 12.4. The fourth-order valence-electron chi connectivity index (χ4n) is 3.01. The van der Waals surface area contributed by atoms with E-state index in [0.29, 0.717) is 17.7 Å². The van der Waals surface area contributed by atoms with Crippen LogP contribution < -0.4 is 5.32 Å². The van der Waals surface area contributed by atoms with Crippen LogP contribution in [-0.4, -0.2) is 18.0 Å². The second kappa shape index (κ2) is 7.40. The van der Waals surface area contributed by atoms with E-state index in [9.17, 15) is 9.59 Å². The van der Waals surface area contributed by atoms with Gasteiger partial charge in [-0.15, -0.1) is 0 Å². The third kappa shape index (κ3) is 3.80. The average molecular weight is 426 g/mol. The van der Waals surface area contributed by atoms with Gasteiger partial charge in [0, 0.05) is 16.5 Å². The molecule has 0 spiro atoms. The largest absolute Gasteiger partial charge is 0.459 e. The van der Waals surface area contributed by atoms with Crippen LogP contribution in [0.25, 0.3) is 11.3 Å². The van der Waals surface area contributed by atoms with Crippen LogP contribution >= 0.6 is 15.9 Å². The Morgan fingerprint density at radius 2 is 1.85 bits per heavy atom. The quantitative estimate of drug-likeness (QED) is 0.638. The summed E-state index contributed by atoms with van der Waals surface area (Å²) in [4.78, 5) is 24.4. The van der Waals surface area contributed by atoms with Gasteiger partial charge >= 0.3 is 5.97 Å². The van der Waals surface area contributed by atoms with Crippen molar-refractivity contribution in [2.45, 2.75) is 19.1 Å². The lowest BCUT2D eigenvalue weighted by molar-refractivity contribution is -0.130. The third-order valence-corrected chi connectivity index (χ3v) is 4.94. The minimum atomic E-state index is -0.826. The van der Waals surface area contributed by atoms with Gasteiger partial charge in [-0.3, -0.25) is 4.79 Å². The van der Waals surface area contributed by atoms with Crippen molar-refractivity contribution in [3.63, 3.8) is 0 Å². The molecule has 1 aliphatic rings. The second-order valence-corrected chi connectivity index (χ2v) is 7.16. The summed E-state index contributed by atoms with van der Waals surface area (Å²) in [6.07, 6.45) is -0.455. The first-order valence-corrected chi connectivity index (χ1v) is 9.31. The van der Waals surface area contributed by atoms with Crippen molar-refractivity contribution in [1.29, 1.82) is 0 Å². The number of ether oxygens (including phenoxy) is 1. The topological polar surface area (TPSA) is 68.5 Å². The number of carbonyl (C=O) groups excluding carboxylic acids is 2. The number of cyclic esters (lactones) is 1. The van der Waals surface area contributed by atoms with Gasteiger partial charge in [-0.05, 0) is 35.9 Å².